The van der Waals surface area contributed by atoms with Crippen molar-refractivity contribution in [1.29, 1.82) is 5.26 Å². The molecule has 6 heteroatoms. The second-order valence-corrected chi connectivity index (χ2v) is 5.60. The fourth-order valence-corrected chi connectivity index (χ4v) is 3.66. The summed E-state index contributed by atoms with van der Waals surface area (Å²) in [5.74, 6) is 0. The quantitative estimate of drug-likeness (QED) is 0.505. The molecule has 0 amide bonds. The van der Waals surface area contributed by atoms with E-state index in [-0.39, 0.29) is 0 Å². The Morgan fingerprint density at radius 3 is 2.20 bits per heavy atom. The summed E-state index contributed by atoms with van der Waals surface area (Å²) in [6, 6.07) is 2.44. The fraction of sp³-hybridized carbons (Fsp3) is 0.889. The molecule has 0 saturated heterocycles. The minimum Gasteiger partial charge on any atom is -0.374 e. The Hall–Kier alpha value is -0.453. The summed E-state index contributed by atoms with van der Waals surface area (Å²) in [4.78, 5) is 0. The largest absolute Gasteiger partial charge is 0.503 e. The highest BCUT2D eigenvalue weighted by molar-refractivity contribution is 6.60. The van der Waals surface area contributed by atoms with E-state index in [4.69, 9.17) is 18.5 Å². The van der Waals surface area contributed by atoms with Crippen LogP contribution in [-0.4, -0.2) is 33.4 Å². The van der Waals surface area contributed by atoms with Crippen LogP contribution in [0.25, 0.3) is 0 Å². The van der Waals surface area contributed by atoms with E-state index < -0.39 is 15.1 Å². The van der Waals surface area contributed by atoms with Crippen molar-refractivity contribution in [2.45, 2.75) is 39.5 Å². The average Bonchev–Trinajstić information content (AvgIpc) is 2.14. The minimum absolute atomic E-state index is 0.305. The van der Waals surface area contributed by atoms with Gasteiger partial charge in [-0.05, 0) is 20.8 Å². The van der Waals surface area contributed by atoms with Gasteiger partial charge in [0.05, 0.1) is 6.07 Å². The van der Waals surface area contributed by atoms with Crippen LogP contribution in [0, 0.1) is 11.3 Å². The van der Waals surface area contributed by atoms with E-state index >= 15 is 0 Å². The number of hydrogen-bond donors (Lipinski definition) is 1. The first-order valence-electron chi connectivity index (χ1n) is 5.11. The van der Waals surface area contributed by atoms with E-state index in [0.717, 1.165) is 0 Å². The van der Waals surface area contributed by atoms with Crippen LogP contribution in [0.1, 0.15) is 27.2 Å². The maximum absolute atomic E-state index is 9.21. The molecule has 0 aliphatic heterocycles. The standard InChI is InChI=1S/C9H19NO4Si/c1-4-12-15(13-5-2,8-6-7-10)14-9(3)11/h9,11H,4-6,8H2,1-3H3. The molecular weight excluding hydrogens is 214 g/mol. The van der Waals surface area contributed by atoms with Crippen molar-refractivity contribution < 1.29 is 18.4 Å². The van der Waals surface area contributed by atoms with E-state index in [1.165, 1.54) is 6.92 Å². The first-order valence-corrected chi connectivity index (χ1v) is 7.04. The van der Waals surface area contributed by atoms with E-state index in [9.17, 15) is 5.11 Å². The van der Waals surface area contributed by atoms with Crippen molar-refractivity contribution in [2.24, 2.45) is 0 Å². The zero-order valence-electron chi connectivity index (χ0n) is 9.52. The van der Waals surface area contributed by atoms with Crippen molar-refractivity contribution in [3.8, 4) is 6.07 Å². The Bertz CT molecular complexity index is 199. The number of aliphatic hydroxyl groups is 1. The molecule has 1 atom stereocenters. The van der Waals surface area contributed by atoms with E-state index in [2.05, 4.69) is 0 Å². The third-order valence-electron chi connectivity index (χ3n) is 1.62. The summed E-state index contributed by atoms with van der Waals surface area (Å²) >= 11 is 0. The van der Waals surface area contributed by atoms with Gasteiger partial charge < -0.3 is 18.4 Å². The monoisotopic (exact) mass is 233 g/mol. The maximum atomic E-state index is 9.21. The van der Waals surface area contributed by atoms with E-state index in [0.29, 0.717) is 25.7 Å². The molecule has 0 rings (SSSR count). The lowest BCUT2D eigenvalue weighted by atomic mass is 10.6. The zero-order chi connectivity index (χ0) is 11.7. The van der Waals surface area contributed by atoms with Crippen LogP contribution in [0.5, 0.6) is 0 Å². The molecule has 0 aliphatic rings. The van der Waals surface area contributed by atoms with Crippen molar-refractivity contribution in [1.82, 2.24) is 0 Å². The molecule has 0 aromatic rings. The van der Waals surface area contributed by atoms with Crippen LogP contribution in [0.3, 0.4) is 0 Å². The van der Waals surface area contributed by atoms with Crippen molar-refractivity contribution >= 4 is 8.80 Å². The summed E-state index contributed by atoms with van der Waals surface area (Å²) in [5, 5.41) is 17.8. The van der Waals surface area contributed by atoms with Crippen LogP contribution in [0.2, 0.25) is 6.04 Å². The molecule has 15 heavy (non-hydrogen) atoms. The van der Waals surface area contributed by atoms with Crippen LogP contribution in [-0.2, 0) is 13.3 Å². The maximum Gasteiger partial charge on any atom is 0.503 e. The normalized spacial score (nSPS) is 13.5. The molecule has 0 aromatic carbocycles. The molecule has 88 valence electrons. The van der Waals surface area contributed by atoms with Gasteiger partial charge in [-0.3, -0.25) is 0 Å². The molecule has 0 fully saturated rings. The third kappa shape index (κ3) is 5.87. The number of hydrogen-bond acceptors (Lipinski definition) is 5. The summed E-state index contributed by atoms with van der Waals surface area (Å²) < 4.78 is 16.3. The van der Waals surface area contributed by atoms with E-state index in [1.54, 1.807) is 0 Å². The highest BCUT2D eigenvalue weighted by atomic mass is 28.4. The van der Waals surface area contributed by atoms with Crippen LogP contribution in [0.15, 0.2) is 0 Å². The van der Waals surface area contributed by atoms with Crippen molar-refractivity contribution in [3.05, 3.63) is 0 Å². The Kier molecular flexibility index (Phi) is 7.55. The number of nitriles is 1. The average molecular weight is 233 g/mol. The molecule has 5 nitrogen and oxygen atoms in total. The van der Waals surface area contributed by atoms with Gasteiger partial charge >= 0.3 is 8.80 Å². The van der Waals surface area contributed by atoms with Gasteiger partial charge in [0.2, 0.25) is 0 Å². The highest BCUT2D eigenvalue weighted by Gasteiger charge is 2.41. The molecular formula is C9H19NO4Si. The van der Waals surface area contributed by atoms with E-state index in [1.807, 2.05) is 19.9 Å². The lowest BCUT2D eigenvalue weighted by molar-refractivity contribution is -0.0643. The Morgan fingerprint density at radius 1 is 1.33 bits per heavy atom. The summed E-state index contributed by atoms with van der Waals surface area (Å²) in [6.45, 7) is 6.07. The first-order chi connectivity index (χ1) is 7.10. The molecule has 1 N–H and O–H groups in total. The van der Waals surface area contributed by atoms with Gasteiger partial charge in [-0.15, -0.1) is 0 Å². The second kappa shape index (κ2) is 7.79. The van der Waals surface area contributed by atoms with Gasteiger partial charge in [-0.25, -0.2) is 0 Å². The Morgan fingerprint density at radius 2 is 1.87 bits per heavy atom. The van der Waals surface area contributed by atoms with Gasteiger partial charge in [-0.2, -0.15) is 5.26 Å². The number of rotatable bonds is 8. The number of aliphatic hydroxyl groups excluding tert-OH is 1. The zero-order valence-corrected chi connectivity index (χ0v) is 10.5. The van der Waals surface area contributed by atoms with Crippen LogP contribution in [0.4, 0.5) is 0 Å². The Balaban J connectivity index is 4.48. The summed E-state index contributed by atoms with van der Waals surface area (Å²) in [7, 11) is -2.85. The lowest BCUT2D eigenvalue weighted by Crippen LogP contribution is -2.48. The van der Waals surface area contributed by atoms with Crippen LogP contribution < -0.4 is 0 Å². The minimum atomic E-state index is -2.85. The molecule has 0 bridgehead atoms. The molecule has 1 unspecified atom stereocenters. The second-order valence-electron chi connectivity index (χ2n) is 2.92. The fourth-order valence-electron chi connectivity index (χ4n) is 1.22. The SMILES string of the molecule is CCO[Si](CCC#N)(OCC)OC(C)O. The molecule has 0 aromatic heterocycles. The van der Waals surface area contributed by atoms with Crippen LogP contribution >= 0.6 is 0 Å². The Labute approximate surface area is 91.9 Å². The summed E-state index contributed by atoms with van der Waals surface area (Å²) in [5.41, 5.74) is 0. The first kappa shape index (κ1) is 14.5. The van der Waals surface area contributed by atoms with Gasteiger partial charge in [0.25, 0.3) is 0 Å². The molecule has 0 heterocycles. The summed E-state index contributed by atoms with van der Waals surface area (Å²) in [6.07, 6.45) is -0.632. The van der Waals surface area contributed by atoms with Gasteiger partial charge in [0, 0.05) is 25.7 Å². The highest BCUT2D eigenvalue weighted by Crippen LogP contribution is 2.19. The smallest absolute Gasteiger partial charge is 0.374 e. The van der Waals surface area contributed by atoms with Crippen molar-refractivity contribution in [3.63, 3.8) is 0 Å². The van der Waals surface area contributed by atoms with Gasteiger partial charge in [0.15, 0.2) is 0 Å². The van der Waals surface area contributed by atoms with Crippen molar-refractivity contribution in [2.75, 3.05) is 13.2 Å². The topological polar surface area (TPSA) is 71.7 Å². The van der Waals surface area contributed by atoms with Gasteiger partial charge in [0.1, 0.15) is 6.29 Å². The third-order valence-corrected chi connectivity index (χ3v) is 4.64. The molecule has 0 radical (unpaired) electrons. The molecule has 0 aliphatic carbocycles. The molecule has 0 spiro atoms. The molecule has 0 saturated carbocycles. The van der Waals surface area contributed by atoms with Gasteiger partial charge in [-0.1, -0.05) is 0 Å². The predicted octanol–water partition coefficient (Wildman–Crippen LogP) is 1.27. The predicted molar refractivity (Wildman–Crippen MR) is 56.8 cm³/mol. The number of nitrogens with zero attached hydrogens (tertiary/aromatic N) is 1. The lowest BCUT2D eigenvalue weighted by Gasteiger charge is -2.29.